The van der Waals surface area contributed by atoms with Crippen LogP contribution in [0.25, 0.3) is 10.8 Å². The average molecular weight is 372 g/mol. The molecule has 0 heterocycles. The topological polar surface area (TPSA) is 130 Å². The lowest BCUT2D eigenvalue weighted by Gasteiger charge is -2.12. The predicted molar refractivity (Wildman–Crippen MR) is 99.0 cm³/mol. The molecule has 7 nitrogen and oxygen atoms in total. The maximum absolute atomic E-state index is 12.6. The molecular formula is C18H16N2O5S. The molecule has 1 amide bonds. The minimum Gasteiger partial charge on any atom is -0.508 e. The van der Waals surface area contributed by atoms with Crippen LogP contribution in [0.15, 0.2) is 53.4 Å². The van der Waals surface area contributed by atoms with Crippen LogP contribution in [0.1, 0.15) is 15.9 Å². The monoisotopic (exact) mass is 372 g/mol. The molecule has 3 aromatic carbocycles. The molecule has 0 spiro atoms. The maximum Gasteiger partial charge on any atom is 0.294 e. The minimum absolute atomic E-state index is 0.0533. The highest BCUT2D eigenvalue weighted by Gasteiger charge is 2.17. The van der Waals surface area contributed by atoms with E-state index in [1.807, 2.05) is 6.92 Å². The van der Waals surface area contributed by atoms with Crippen LogP contribution < -0.4 is 11.1 Å². The molecular weight excluding hydrogens is 356 g/mol. The Hall–Kier alpha value is -3.10. The number of fused-ring (bicyclic) bond motifs is 1. The van der Waals surface area contributed by atoms with Gasteiger partial charge in [-0.25, -0.2) is 0 Å². The quantitative estimate of drug-likeness (QED) is 0.413. The van der Waals surface area contributed by atoms with Crippen molar-refractivity contribution in [3.8, 4) is 5.75 Å². The fraction of sp³-hybridized carbons (Fsp3) is 0.0556. The van der Waals surface area contributed by atoms with E-state index in [2.05, 4.69) is 5.32 Å². The van der Waals surface area contributed by atoms with Crippen molar-refractivity contribution in [3.63, 3.8) is 0 Å². The first-order valence-electron chi connectivity index (χ1n) is 7.57. The van der Waals surface area contributed by atoms with Crippen molar-refractivity contribution in [3.05, 3.63) is 59.7 Å². The van der Waals surface area contributed by atoms with E-state index in [9.17, 15) is 22.9 Å². The molecule has 0 aliphatic carbocycles. The summed E-state index contributed by atoms with van der Waals surface area (Å²) in [6.07, 6.45) is 0. The molecule has 0 saturated carbocycles. The highest BCUT2D eigenvalue weighted by atomic mass is 32.2. The SMILES string of the molecule is Cc1ccc(C(=O)Nc2cc(S(=O)(=O)O)cc3ccc(O)cc23)c(N)c1. The Morgan fingerprint density at radius 1 is 1.08 bits per heavy atom. The van der Waals surface area contributed by atoms with Crippen LogP contribution >= 0.6 is 0 Å². The van der Waals surface area contributed by atoms with E-state index in [-0.39, 0.29) is 27.6 Å². The van der Waals surface area contributed by atoms with E-state index in [1.165, 1.54) is 24.3 Å². The fourth-order valence-electron chi connectivity index (χ4n) is 2.65. The molecule has 0 unspecified atom stereocenters. The summed E-state index contributed by atoms with van der Waals surface area (Å²) in [6.45, 7) is 1.84. The van der Waals surface area contributed by atoms with Crippen LogP contribution in [0.3, 0.4) is 0 Å². The molecule has 26 heavy (non-hydrogen) atoms. The van der Waals surface area contributed by atoms with Gasteiger partial charge in [-0.1, -0.05) is 12.1 Å². The van der Waals surface area contributed by atoms with Crippen molar-refractivity contribution >= 4 is 38.2 Å². The van der Waals surface area contributed by atoms with Gasteiger partial charge in [-0.3, -0.25) is 9.35 Å². The molecule has 0 fully saturated rings. The number of nitrogens with two attached hydrogens (primary N) is 1. The van der Waals surface area contributed by atoms with Crippen LogP contribution in [0.2, 0.25) is 0 Å². The van der Waals surface area contributed by atoms with Crippen molar-refractivity contribution in [2.45, 2.75) is 11.8 Å². The summed E-state index contributed by atoms with van der Waals surface area (Å²) in [4.78, 5) is 12.2. The van der Waals surface area contributed by atoms with Crippen LogP contribution in [-0.2, 0) is 10.1 Å². The number of carbonyl (C=O) groups excluding carboxylic acids is 1. The van der Waals surface area contributed by atoms with E-state index < -0.39 is 16.0 Å². The van der Waals surface area contributed by atoms with E-state index in [0.717, 1.165) is 11.6 Å². The first-order chi connectivity index (χ1) is 12.1. The Bertz CT molecular complexity index is 1140. The number of phenolic OH excluding ortho intramolecular Hbond substituents is 1. The first-order valence-corrected chi connectivity index (χ1v) is 9.01. The number of rotatable bonds is 3. The Kier molecular flexibility index (Phi) is 4.31. The Balaban J connectivity index is 2.13. The smallest absolute Gasteiger partial charge is 0.294 e. The number of benzene rings is 3. The number of phenols is 1. The number of hydrogen-bond donors (Lipinski definition) is 4. The Morgan fingerprint density at radius 3 is 2.46 bits per heavy atom. The van der Waals surface area contributed by atoms with E-state index in [0.29, 0.717) is 10.8 Å². The van der Waals surface area contributed by atoms with Gasteiger partial charge in [0, 0.05) is 11.1 Å². The first kappa shape index (κ1) is 17.7. The molecule has 0 radical (unpaired) electrons. The van der Waals surface area contributed by atoms with Crippen molar-refractivity contribution < 1.29 is 22.9 Å². The van der Waals surface area contributed by atoms with Gasteiger partial charge in [0.2, 0.25) is 0 Å². The van der Waals surface area contributed by atoms with Gasteiger partial charge in [-0.2, -0.15) is 8.42 Å². The average Bonchev–Trinajstić information content (AvgIpc) is 2.54. The van der Waals surface area contributed by atoms with Crippen LogP contribution in [-0.4, -0.2) is 24.0 Å². The second-order valence-corrected chi connectivity index (χ2v) is 7.32. The van der Waals surface area contributed by atoms with Crippen LogP contribution in [0, 0.1) is 6.92 Å². The number of nitrogens with one attached hydrogen (secondary N) is 1. The lowest BCUT2D eigenvalue weighted by atomic mass is 10.1. The van der Waals surface area contributed by atoms with Crippen molar-refractivity contribution in [1.29, 1.82) is 0 Å². The van der Waals surface area contributed by atoms with Gasteiger partial charge in [0.1, 0.15) is 5.75 Å². The van der Waals surface area contributed by atoms with Gasteiger partial charge >= 0.3 is 0 Å². The third-order valence-corrected chi connectivity index (χ3v) is 4.74. The van der Waals surface area contributed by atoms with E-state index >= 15 is 0 Å². The molecule has 8 heteroatoms. The largest absolute Gasteiger partial charge is 0.508 e. The van der Waals surface area contributed by atoms with Crippen molar-refractivity contribution in [1.82, 2.24) is 0 Å². The van der Waals surface area contributed by atoms with Gasteiger partial charge in [0.15, 0.2) is 0 Å². The molecule has 0 aliphatic rings. The number of aromatic hydroxyl groups is 1. The molecule has 0 saturated heterocycles. The van der Waals surface area contributed by atoms with Gasteiger partial charge in [-0.05, 0) is 54.3 Å². The number of aryl methyl sites for hydroxylation is 1. The van der Waals surface area contributed by atoms with Crippen molar-refractivity contribution in [2.24, 2.45) is 0 Å². The molecule has 0 atom stereocenters. The molecule has 0 bridgehead atoms. The minimum atomic E-state index is -4.48. The molecule has 0 aliphatic heterocycles. The lowest BCUT2D eigenvalue weighted by molar-refractivity contribution is 0.102. The zero-order valence-electron chi connectivity index (χ0n) is 13.7. The summed E-state index contributed by atoms with van der Waals surface area (Å²) < 4.78 is 32.4. The lowest BCUT2D eigenvalue weighted by Crippen LogP contribution is -2.15. The highest BCUT2D eigenvalue weighted by molar-refractivity contribution is 7.85. The predicted octanol–water partition coefficient (Wildman–Crippen LogP) is 2.94. The van der Waals surface area contributed by atoms with Crippen LogP contribution in [0.5, 0.6) is 5.75 Å². The number of carbonyl (C=O) groups is 1. The molecule has 3 aromatic rings. The third-order valence-electron chi connectivity index (χ3n) is 3.91. The number of nitrogen functional groups attached to an aromatic ring is 1. The number of anilines is 2. The van der Waals surface area contributed by atoms with E-state index in [1.54, 1.807) is 18.2 Å². The molecule has 0 aromatic heterocycles. The summed E-state index contributed by atoms with van der Waals surface area (Å²) in [5.74, 6) is -0.595. The number of amides is 1. The van der Waals surface area contributed by atoms with Gasteiger partial charge in [0.05, 0.1) is 16.1 Å². The normalized spacial score (nSPS) is 11.5. The van der Waals surface area contributed by atoms with E-state index in [4.69, 9.17) is 5.73 Å². The summed E-state index contributed by atoms with van der Waals surface area (Å²) in [5.41, 5.74) is 7.39. The van der Waals surface area contributed by atoms with Crippen LogP contribution in [0.4, 0.5) is 11.4 Å². The summed E-state index contributed by atoms with van der Waals surface area (Å²) in [6, 6.07) is 11.6. The van der Waals surface area contributed by atoms with Gasteiger partial charge < -0.3 is 16.2 Å². The Labute approximate surface area is 149 Å². The van der Waals surface area contributed by atoms with Gasteiger partial charge in [0.25, 0.3) is 16.0 Å². The second-order valence-electron chi connectivity index (χ2n) is 5.90. The maximum atomic E-state index is 12.6. The molecule has 5 N–H and O–H groups in total. The van der Waals surface area contributed by atoms with Crippen molar-refractivity contribution in [2.75, 3.05) is 11.1 Å². The highest BCUT2D eigenvalue weighted by Crippen LogP contribution is 2.31. The third kappa shape index (κ3) is 3.46. The summed E-state index contributed by atoms with van der Waals surface area (Å²) in [7, 11) is -4.48. The summed E-state index contributed by atoms with van der Waals surface area (Å²) in [5, 5.41) is 13.1. The zero-order chi connectivity index (χ0) is 19.1. The fourth-order valence-corrected chi connectivity index (χ4v) is 3.19. The molecule has 134 valence electrons. The number of hydrogen-bond acceptors (Lipinski definition) is 5. The second kappa shape index (κ2) is 6.32. The Morgan fingerprint density at radius 2 is 1.81 bits per heavy atom. The summed E-state index contributed by atoms with van der Waals surface area (Å²) >= 11 is 0. The molecule has 3 rings (SSSR count). The zero-order valence-corrected chi connectivity index (χ0v) is 14.5. The standard InChI is InChI=1S/C18H16N2O5S/c1-10-2-5-14(16(19)6-10)18(22)20-17-9-13(26(23,24)25)7-11-3-4-12(21)8-15(11)17/h2-9,21H,19H2,1H3,(H,20,22)(H,23,24,25). The van der Waals surface area contributed by atoms with Gasteiger partial charge in [-0.15, -0.1) is 0 Å².